The summed E-state index contributed by atoms with van der Waals surface area (Å²) >= 11 is 0. The topological polar surface area (TPSA) is 35.5 Å². The number of hydrogen-bond donors (Lipinski definition) is 0. The molecule has 0 amide bonds. The first-order chi connectivity index (χ1) is 16.5. The fourth-order valence-corrected chi connectivity index (χ4v) is 7.56. The first kappa shape index (κ1) is 22.7. The molecule has 1 saturated carbocycles. The maximum Gasteiger partial charge on any atom is 0.345 e. The monoisotopic (exact) mass is 471 g/mol. The van der Waals surface area contributed by atoms with Crippen molar-refractivity contribution < 1.29 is 14.3 Å². The third-order valence-electron chi connectivity index (χ3n) is 6.89. The van der Waals surface area contributed by atoms with Gasteiger partial charge in [-0.2, -0.15) is 0 Å². The molecule has 4 heteroatoms. The summed E-state index contributed by atoms with van der Waals surface area (Å²) in [6, 6.07) is 23.2. The first-order valence-electron chi connectivity index (χ1n) is 12.0. The van der Waals surface area contributed by atoms with Crippen molar-refractivity contribution in [2.24, 2.45) is 0 Å². The zero-order valence-electron chi connectivity index (χ0n) is 20.1. The predicted molar refractivity (Wildman–Crippen MR) is 140 cm³/mol. The summed E-state index contributed by atoms with van der Waals surface area (Å²) in [7, 11) is -0.0767. The molecule has 0 spiro atoms. The number of thiophene rings is 1. The van der Waals surface area contributed by atoms with Crippen LogP contribution >= 0.6 is 10.5 Å². The fourth-order valence-electron chi connectivity index (χ4n) is 5.26. The summed E-state index contributed by atoms with van der Waals surface area (Å²) in [5.41, 5.74) is 3.99. The third kappa shape index (κ3) is 4.23. The van der Waals surface area contributed by atoms with Crippen LogP contribution in [-0.4, -0.2) is 12.6 Å². The van der Waals surface area contributed by atoms with Gasteiger partial charge in [-0.15, -0.1) is 0 Å². The zero-order chi connectivity index (χ0) is 23.7. The normalized spacial score (nSPS) is 15.4. The minimum absolute atomic E-state index is 0.0767. The molecule has 1 aliphatic carbocycles. The number of benzene rings is 3. The van der Waals surface area contributed by atoms with Crippen molar-refractivity contribution in [3.05, 3.63) is 94.4 Å². The van der Waals surface area contributed by atoms with Crippen LogP contribution in [-0.2, 0) is 15.1 Å². The summed E-state index contributed by atoms with van der Waals surface area (Å²) in [4.78, 5) is 14.2. The van der Waals surface area contributed by atoms with E-state index in [0.717, 1.165) is 48.1 Å². The number of carbonyl (C=O) groups is 1. The zero-order valence-corrected chi connectivity index (χ0v) is 20.9. The predicted octanol–water partition coefficient (Wildman–Crippen LogP) is 7.89. The van der Waals surface area contributed by atoms with Gasteiger partial charge in [0.1, 0.15) is 16.7 Å². The Morgan fingerprint density at radius 2 is 1.53 bits per heavy atom. The molecule has 1 unspecified atom stereocenters. The standard InChI is InChI=1S/C30H31O3S/c1-21-17-25(34-20-23(3)26-13-7-8-14-27(26)34)18-22(2)29(21)32-19-28(31)33-30(15-9-10-16-30)24-11-5-4-6-12-24/h4-8,11-14,17-18,20H,9-10,15-16,19H2,1-3H3/q+1. The van der Waals surface area contributed by atoms with Crippen molar-refractivity contribution in [3.63, 3.8) is 0 Å². The van der Waals surface area contributed by atoms with E-state index in [1.165, 1.54) is 20.5 Å². The molecule has 1 heterocycles. The van der Waals surface area contributed by atoms with Crippen LogP contribution in [0.4, 0.5) is 0 Å². The van der Waals surface area contributed by atoms with Gasteiger partial charge >= 0.3 is 5.97 Å². The number of fused-ring (bicyclic) bond motifs is 1. The molecule has 3 aromatic carbocycles. The molecule has 0 saturated heterocycles. The van der Waals surface area contributed by atoms with Crippen molar-refractivity contribution in [2.75, 3.05) is 6.61 Å². The SMILES string of the molecule is Cc1cc(-[s+]2cc(C)c3ccccc32)cc(C)c1OCC(=O)OC1(c2ccccc2)CCCC1. The molecule has 0 radical (unpaired) electrons. The molecule has 0 aliphatic heterocycles. The average Bonchev–Trinajstić information content (AvgIpc) is 3.45. The Bertz CT molecular complexity index is 1310. The van der Waals surface area contributed by atoms with E-state index in [1.807, 2.05) is 18.2 Å². The Hall–Kier alpha value is -3.11. The Labute approximate surface area is 204 Å². The molecule has 3 nitrogen and oxygen atoms in total. The van der Waals surface area contributed by atoms with Crippen LogP contribution in [0, 0.1) is 20.8 Å². The van der Waals surface area contributed by atoms with E-state index in [9.17, 15) is 4.79 Å². The van der Waals surface area contributed by atoms with Gasteiger partial charge in [0.15, 0.2) is 16.2 Å². The number of rotatable bonds is 6. The second-order valence-corrected chi connectivity index (χ2v) is 11.2. The molecule has 1 aromatic heterocycles. The molecule has 1 atom stereocenters. The lowest BCUT2D eigenvalue weighted by atomic mass is 9.92. The lowest BCUT2D eigenvalue weighted by molar-refractivity contribution is -0.163. The number of aryl methyl sites for hydroxylation is 3. The van der Waals surface area contributed by atoms with Gasteiger partial charge in [0.25, 0.3) is 0 Å². The van der Waals surface area contributed by atoms with Gasteiger partial charge < -0.3 is 9.47 Å². The van der Waals surface area contributed by atoms with Crippen LogP contribution in [0.5, 0.6) is 5.75 Å². The van der Waals surface area contributed by atoms with Crippen LogP contribution in [0.1, 0.15) is 47.9 Å². The van der Waals surface area contributed by atoms with Crippen molar-refractivity contribution in [1.82, 2.24) is 0 Å². The van der Waals surface area contributed by atoms with Gasteiger partial charge in [-0.1, -0.05) is 42.5 Å². The molecule has 1 fully saturated rings. The van der Waals surface area contributed by atoms with Gasteiger partial charge in [0.2, 0.25) is 0 Å². The second-order valence-electron chi connectivity index (χ2n) is 9.35. The summed E-state index contributed by atoms with van der Waals surface area (Å²) in [5, 5.41) is 3.70. The molecule has 0 N–H and O–H groups in total. The minimum Gasteiger partial charge on any atom is -0.481 e. The van der Waals surface area contributed by atoms with E-state index < -0.39 is 5.60 Å². The Morgan fingerprint density at radius 3 is 2.24 bits per heavy atom. The van der Waals surface area contributed by atoms with Crippen molar-refractivity contribution in [2.45, 2.75) is 52.1 Å². The maximum atomic E-state index is 12.9. The Balaban J connectivity index is 1.34. The summed E-state index contributed by atoms with van der Waals surface area (Å²) in [5.74, 6) is 0.469. The average molecular weight is 472 g/mol. The van der Waals surface area contributed by atoms with Gasteiger partial charge in [-0.25, -0.2) is 4.79 Å². The first-order valence-corrected chi connectivity index (χ1v) is 13.3. The van der Waals surface area contributed by atoms with Crippen LogP contribution in [0.25, 0.3) is 15.0 Å². The number of carbonyl (C=O) groups excluding carboxylic acids is 1. The van der Waals surface area contributed by atoms with E-state index in [0.29, 0.717) is 0 Å². The van der Waals surface area contributed by atoms with Crippen molar-refractivity contribution in [3.8, 4) is 10.6 Å². The van der Waals surface area contributed by atoms with Gasteiger partial charge in [-0.3, -0.25) is 0 Å². The van der Waals surface area contributed by atoms with E-state index in [2.05, 4.69) is 74.7 Å². The van der Waals surface area contributed by atoms with Gasteiger partial charge in [0.05, 0.1) is 0 Å². The third-order valence-corrected chi connectivity index (χ3v) is 9.05. The quantitative estimate of drug-likeness (QED) is 0.212. The summed E-state index contributed by atoms with van der Waals surface area (Å²) in [6.45, 7) is 6.22. The molecular weight excluding hydrogens is 440 g/mol. The lowest BCUT2D eigenvalue weighted by Crippen LogP contribution is -2.31. The smallest absolute Gasteiger partial charge is 0.345 e. The summed E-state index contributed by atoms with van der Waals surface area (Å²) in [6.07, 6.45) is 3.88. The van der Waals surface area contributed by atoms with E-state index in [1.54, 1.807) is 0 Å². The van der Waals surface area contributed by atoms with Crippen LogP contribution in [0.15, 0.2) is 72.1 Å². The molecule has 34 heavy (non-hydrogen) atoms. The molecule has 174 valence electrons. The van der Waals surface area contributed by atoms with E-state index in [4.69, 9.17) is 9.47 Å². The van der Waals surface area contributed by atoms with Crippen LogP contribution in [0.2, 0.25) is 0 Å². The van der Waals surface area contributed by atoms with E-state index >= 15 is 0 Å². The fraction of sp³-hybridized carbons (Fsp3) is 0.300. The highest BCUT2D eigenvalue weighted by Crippen LogP contribution is 2.44. The molecule has 1 aliphatic rings. The lowest BCUT2D eigenvalue weighted by Gasteiger charge is -2.29. The number of hydrogen-bond acceptors (Lipinski definition) is 3. The Kier molecular flexibility index (Phi) is 6.18. The molecule has 0 bridgehead atoms. The molecular formula is C30H31O3S+. The van der Waals surface area contributed by atoms with Crippen molar-refractivity contribution in [1.29, 1.82) is 0 Å². The Morgan fingerprint density at radius 1 is 0.882 bits per heavy atom. The number of esters is 1. The van der Waals surface area contributed by atoms with Crippen molar-refractivity contribution >= 4 is 26.5 Å². The van der Waals surface area contributed by atoms with Gasteiger partial charge in [0, 0.05) is 33.6 Å². The largest absolute Gasteiger partial charge is 0.481 e. The minimum atomic E-state index is -0.517. The van der Waals surface area contributed by atoms with E-state index in [-0.39, 0.29) is 23.0 Å². The molecule has 5 rings (SSSR count). The summed E-state index contributed by atoms with van der Waals surface area (Å²) < 4.78 is 13.5. The second kappa shape index (κ2) is 9.27. The van der Waals surface area contributed by atoms with Gasteiger partial charge in [-0.05, 0) is 75.3 Å². The number of ether oxygens (including phenoxy) is 2. The maximum absolute atomic E-state index is 12.9. The van der Waals surface area contributed by atoms with Crippen LogP contribution < -0.4 is 4.74 Å². The highest BCUT2D eigenvalue weighted by atomic mass is 32.2. The highest BCUT2D eigenvalue weighted by molar-refractivity contribution is 7.43. The molecule has 4 aromatic rings. The van der Waals surface area contributed by atoms with Crippen LogP contribution in [0.3, 0.4) is 0 Å². The highest BCUT2D eigenvalue weighted by Gasteiger charge is 2.39.